The Kier molecular flexibility index (Phi) is 27.7. The van der Waals surface area contributed by atoms with Crippen LogP contribution >= 0.6 is 0 Å². The fourth-order valence-corrected chi connectivity index (χ4v) is 7.82. The van der Waals surface area contributed by atoms with Gasteiger partial charge in [0.1, 0.15) is 0 Å². The number of hydrogen-bond acceptors (Lipinski definition) is 5. The summed E-state index contributed by atoms with van der Waals surface area (Å²) in [4.78, 5) is 26.0. The molecule has 0 bridgehead atoms. The third-order valence-corrected chi connectivity index (χ3v) is 11.7. The average Bonchev–Trinajstić information content (AvgIpc) is 3.18. The normalized spacial score (nSPS) is 11.5. The molecule has 0 amide bonds. The highest BCUT2D eigenvalue weighted by atomic mass is 16.5. The lowest BCUT2D eigenvalue weighted by molar-refractivity contribution is 0.406. The molecule has 0 aliphatic heterocycles. The zero-order valence-electron chi connectivity index (χ0n) is 36.2. The molecule has 0 atom stereocenters. The van der Waals surface area contributed by atoms with Crippen molar-refractivity contribution >= 4 is 0 Å². The molecule has 0 spiro atoms. The Hall–Kier alpha value is -2.70. The predicted molar refractivity (Wildman–Crippen MR) is 233 cm³/mol. The molecule has 0 aromatic carbocycles. The molecule has 0 saturated carbocycles. The number of aromatic hydroxyl groups is 2. The third-order valence-electron chi connectivity index (χ3n) is 11.7. The highest BCUT2D eigenvalue weighted by molar-refractivity contribution is 5.40. The quantitative estimate of drug-likeness (QED) is 0.0673. The summed E-state index contributed by atoms with van der Waals surface area (Å²) in [6, 6.07) is 0. The molecule has 2 N–H and O–H groups in total. The van der Waals surface area contributed by atoms with Crippen LogP contribution in [0.4, 0.5) is 0 Å². The molecule has 0 fully saturated rings. The van der Waals surface area contributed by atoms with Crippen LogP contribution in [-0.2, 0) is 13.1 Å². The van der Waals surface area contributed by atoms with Gasteiger partial charge in [0.25, 0.3) is 10.9 Å². The van der Waals surface area contributed by atoms with E-state index in [1.54, 1.807) is 26.2 Å². The van der Waals surface area contributed by atoms with Gasteiger partial charge in [0.2, 0.25) is 0 Å². The number of ether oxygens (including phenoxy) is 1. The number of aromatic nitrogens is 2. The van der Waals surface area contributed by atoms with E-state index in [-0.39, 0.29) is 23.0 Å². The van der Waals surface area contributed by atoms with E-state index in [1.807, 2.05) is 9.13 Å². The minimum atomic E-state index is -0.649. The molecule has 7 heteroatoms. The van der Waals surface area contributed by atoms with Gasteiger partial charge in [-0.2, -0.15) is 0 Å². The molecule has 2 heterocycles. The molecule has 2 rings (SSSR count). The zero-order chi connectivity index (χ0) is 39.9. The van der Waals surface area contributed by atoms with Crippen molar-refractivity contribution in [3.8, 4) is 23.0 Å². The summed E-state index contributed by atoms with van der Waals surface area (Å²) in [7, 11) is 0. The maximum absolute atomic E-state index is 13.0. The van der Waals surface area contributed by atoms with Gasteiger partial charge >= 0.3 is 0 Å². The third kappa shape index (κ3) is 20.9. The monoisotopic (exact) mass is 769 g/mol. The van der Waals surface area contributed by atoms with Crippen molar-refractivity contribution in [1.29, 1.82) is 0 Å². The fourth-order valence-electron chi connectivity index (χ4n) is 7.82. The van der Waals surface area contributed by atoms with Gasteiger partial charge in [0.05, 0.1) is 23.8 Å². The summed E-state index contributed by atoms with van der Waals surface area (Å²) < 4.78 is 9.56. The molecule has 0 saturated heterocycles. The lowest BCUT2D eigenvalue weighted by Crippen LogP contribution is -2.17. The number of rotatable bonds is 36. The van der Waals surface area contributed by atoms with Gasteiger partial charge in [-0.05, 0) is 26.7 Å². The first-order chi connectivity index (χ1) is 26.8. The van der Waals surface area contributed by atoms with Crippen LogP contribution in [-0.4, -0.2) is 19.3 Å². The SMILES string of the molecule is CCCCCCCCCCCCCCCCCCn1cc(Oc2cn(CCCCCCCCCCCCCCCCCC)c(C)c(O)c2=O)c(=O)c(O)c1C. The van der Waals surface area contributed by atoms with Crippen molar-refractivity contribution in [2.75, 3.05) is 0 Å². The van der Waals surface area contributed by atoms with Gasteiger partial charge in [-0.15, -0.1) is 0 Å². The van der Waals surface area contributed by atoms with Crippen molar-refractivity contribution in [1.82, 2.24) is 9.13 Å². The minimum Gasteiger partial charge on any atom is -0.503 e. The Morgan fingerprint density at radius 2 is 0.618 bits per heavy atom. The number of aryl methyl sites for hydroxylation is 2. The van der Waals surface area contributed by atoms with Crippen LogP contribution in [0.3, 0.4) is 0 Å². The van der Waals surface area contributed by atoms with E-state index in [1.165, 1.54) is 180 Å². The summed E-state index contributed by atoms with van der Waals surface area (Å²) in [5, 5.41) is 21.3. The van der Waals surface area contributed by atoms with Crippen molar-refractivity contribution in [3.63, 3.8) is 0 Å². The topological polar surface area (TPSA) is 93.7 Å². The minimum absolute atomic E-state index is 0.103. The van der Waals surface area contributed by atoms with Crippen molar-refractivity contribution in [2.24, 2.45) is 0 Å². The van der Waals surface area contributed by atoms with E-state index in [2.05, 4.69) is 13.8 Å². The Balaban J connectivity index is 1.70. The zero-order valence-corrected chi connectivity index (χ0v) is 36.2. The number of unbranched alkanes of at least 4 members (excludes halogenated alkanes) is 30. The number of hydrogen-bond donors (Lipinski definition) is 2. The van der Waals surface area contributed by atoms with Gasteiger partial charge in [0.15, 0.2) is 23.0 Å². The van der Waals surface area contributed by atoms with Gasteiger partial charge in [-0.3, -0.25) is 9.59 Å². The number of pyridine rings is 2. The lowest BCUT2D eigenvalue weighted by Gasteiger charge is -2.17. The average molecular weight is 769 g/mol. The highest BCUT2D eigenvalue weighted by Crippen LogP contribution is 2.25. The molecule has 0 aliphatic rings. The van der Waals surface area contributed by atoms with Gasteiger partial charge in [0, 0.05) is 13.1 Å². The van der Waals surface area contributed by atoms with E-state index in [9.17, 15) is 19.8 Å². The van der Waals surface area contributed by atoms with E-state index in [0.29, 0.717) is 24.5 Å². The Bertz CT molecular complexity index is 1280. The van der Waals surface area contributed by atoms with Gasteiger partial charge < -0.3 is 24.1 Å². The van der Waals surface area contributed by atoms with E-state index in [0.717, 1.165) is 25.7 Å². The summed E-state index contributed by atoms with van der Waals surface area (Å²) in [6.07, 6.45) is 44.9. The first-order valence-corrected chi connectivity index (χ1v) is 23.4. The van der Waals surface area contributed by atoms with Crippen LogP contribution in [0.15, 0.2) is 22.0 Å². The van der Waals surface area contributed by atoms with E-state index >= 15 is 0 Å². The van der Waals surface area contributed by atoms with Crippen LogP contribution in [0.2, 0.25) is 0 Å². The molecule has 316 valence electrons. The van der Waals surface area contributed by atoms with Gasteiger partial charge in [-0.1, -0.05) is 206 Å². The largest absolute Gasteiger partial charge is 0.503 e. The van der Waals surface area contributed by atoms with Crippen LogP contribution in [0, 0.1) is 13.8 Å². The standard InChI is InChI=1S/C48H84N2O5/c1-5-7-9-11-13-15-17-19-21-23-25-27-29-31-33-35-37-49-39-43(47(53)45(51)41(49)3)55-44-40-50(42(4)46(52)48(44)54)38-36-34-32-30-28-26-24-22-20-18-16-14-12-10-8-6-2/h39-40,51-52H,5-38H2,1-4H3. The Labute approximate surface area is 336 Å². The summed E-state index contributed by atoms with van der Waals surface area (Å²) in [6.45, 7) is 9.31. The summed E-state index contributed by atoms with van der Waals surface area (Å²) >= 11 is 0. The molecule has 0 unspecified atom stereocenters. The van der Waals surface area contributed by atoms with Crippen molar-refractivity contribution in [2.45, 2.75) is 246 Å². The van der Waals surface area contributed by atoms with Crippen LogP contribution in [0.5, 0.6) is 23.0 Å². The Morgan fingerprint density at radius 3 is 0.855 bits per heavy atom. The summed E-state index contributed by atoms with van der Waals surface area (Å²) in [5.41, 5.74) is -0.314. The van der Waals surface area contributed by atoms with Crippen molar-refractivity contribution < 1.29 is 14.9 Å². The first-order valence-electron chi connectivity index (χ1n) is 23.4. The molecule has 2 aromatic rings. The van der Waals surface area contributed by atoms with Crippen molar-refractivity contribution in [3.05, 3.63) is 44.2 Å². The van der Waals surface area contributed by atoms with Crippen LogP contribution in [0.1, 0.15) is 231 Å². The smallest absolute Gasteiger partial charge is 0.265 e. The molecule has 55 heavy (non-hydrogen) atoms. The second kappa shape index (κ2) is 31.4. The second-order valence-corrected chi connectivity index (χ2v) is 16.6. The highest BCUT2D eigenvalue weighted by Gasteiger charge is 2.18. The van der Waals surface area contributed by atoms with Crippen LogP contribution < -0.4 is 15.6 Å². The molecule has 0 aliphatic carbocycles. The van der Waals surface area contributed by atoms with Gasteiger partial charge in [-0.25, -0.2) is 0 Å². The van der Waals surface area contributed by atoms with E-state index < -0.39 is 10.9 Å². The Morgan fingerprint density at radius 1 is 0.400 bits per heavy atom. The number of nitrogens with zero attached hydrogens (tertiary/aromatic N) is 2. The molecule has 0 radical (unpaired) electrons. The maximum Gasteiger partial charge on any atom is 0.265 e. The van der Waals surface area contributed by atoms with E-state index in [4.69, 9.17) is 4.74 Å². The maximum atomic E-state index is 13.0. The lowest BCUT2D eigenvalue weighted by atomic mass is 10.0. The van der Waals surface area contributed by atoms with Crippen LogP contribution in [0.25, 0.3) is 0 Å². The second-order valence-electron chi connectivity index (χ2n) is 16.6. The summed E-state index contributed by atoms with van der Waals surface area (Å²) in [5.74, 6) is -0.930. The molecular weight excluding hydrogens is 685 g/mol. The molecular formula is C48H84N2O5. The first kappa shape index (κ1) is 48.4. The predicted octanol–water partition coefficient (Wildman–Crippen LogP) is 14.4. The molecule has 7 nitrogen and oxygen atoms in total. The molecule has 2 aromatic heterocycles. The fraction of sp³-hybridized carbons (Fsp3) is 0.792.